The Balaban J connectivity index is 2.15. The number of unbranched alkanes of at least 4 members (excludes halogenated alkanes) is 1. The van der Waals surface area contributed by atoms with Crippen molar-refractivity contribution in [1.29, 1.82) is 0 Å². The molecule has 1 heterocycles. The molecule has 0 unspecified atom stereocenters. The largest absolute Gasteiger partial charge is 0.417 e. The van der Waals surface area contributed by atoms with E-state index < -0.39 is 28.6 Å². The van der Waals surface area contributed by atoms with Gasteiger partial charge in [-0.2, -0.15) is 13.2 Å². The fourth-order valence-corrected chi connectivity index (χ4v) is 2.40. The van der Waals surface area contributed by atoms with Crippen LogP contribution >= 0.6 is 11.6 Å². The molecular weight excluding hydrogens is 383 g/mol. The van der Waals surface area contributed by atoms with E-state index in [1.165, 1.54) is 24.3 Å². The Morgan fingerprint density at radius 3 is 2.41 bits per heavy atom. The van der Waals surface area contributed by atoms with E-state index >= 15 is 0 Å². The summed E-state index contributed by atoms with van der Waals surface area (Å²) in [6.07, 6.45) is -2.92. The number of nitrogens with one attached hydrogen (secondary N) is 2. The standard InChI is InChI=1S/C18H17ClF3N3O2/c1-2-3-9-23-16(26)14-5-4-6-15(25-14)17(27)24-11-7-8-13(19)12(10-11)18(20,21)22/h4-8,10H,2-3,9H2,1H3,(H,23,26)(H,24,27). The number of nitrogens with zero attached hydrogens (tertiary/aromatic N) is 1. The number of amides is 2. The molecule has 144 valence electrons. The van der Waals surface area contributed by atoms with Gasteiger partial charge in [0.2, 0.25) is 0 Å². The topological polar surface area (TPSA) is 71.1 Å². The molecule has 0 spiro atoms. The Morgan fingerprint density at radius 2 is 1.78 bits per heavy atom. The third-order valence-corrected chi connectivity index (χ3v) is 3.89. The number of anilines is 1. The molecule has 27 heavy (non-hydrogen) atoms. The summed E-state index contributed by atoms with van der Waals surface area (Å²) in [5, 5.41) is 4.53. The number of hydrogen-bond acceptors (Lipinski definition) is 3. The summed E-state index contributed by atoms with van der Waals surface area (Å²) in [7, 11) is 0. The van der Waals surface area contributed by atoms with Crippen molar-refractivity contribution in [3.05, 3.63) is 58.4 Å². The number of rotatable bonds is 6. The normalized spacial score (nSPS) is 11.1. The predicted octanol–water partition coefficient (Wildman–Crippen LogP) is 4.54. The van der Waals surface area contributed by atoms with Crippen molar-refractivity contribution < 1.29 is 22.8 Å². The number of carbonyl (C=O) groups excluding carboxylic acids is 2. The maximum Gasteiger partial charge on any atom is 0.417 e. The first-order valence-electron chi connectivity index (χ1n) is 8.15. The molecule has 2 N–H and O–H groups in total. The fourth-order valence-electron chi connectivity index (χ4n) is 2.17. The first kappa shape index (κ1) is 20.7. The molecule has 0 saturated heterocycles. The van der Waals surface area contributed by atoms with Gasteiger partial charge in [0, 0.05) is 12.2 Å². The molecule has 5 nitrogen and oxygen atoms in total. The number of carbonyl (C=O) groups is 2. The molecule has 1 aromatic carbocycles. The van der Waals surface area contributed by atoms with Crippen molar-refractivity contribution in [1.82, 2.24) is 10.3 Å². The summed E-state index contributed by atoms with van der Waals surface area (Å²) in [6.45, 7) is 2.47. The SMILES string of the molecule is CCCCNC(=O)c1cccc(C(=O)Nc2ccc(Cl)c(C(F)(F)F)c2)n1. The fraction of sp³-hybridized carbons (Fsp3) is 0.278. The molecular formula is C18H17ClF3N3O2. The Hall–Kier alpha value is -2.61. The monoisotopic (exact) mass is 399 g/mol. The van der Waals surface area contributed by atoms with Crippen LogP contribution in [0, 0.1) is 0 Å². The second kappa shape index (κ2) is 8.85. The van der Waals surface area contributed by atoms with E-state index in [2.05, 4.69) is 15.6 Å². The van der Waals surface area contributed by atoms with Gasteiger partial charge in [0.25, 0.3) is 11.8 Å². The number of alkyl halides is 3. The van der Waals surface area contributed by atoms with Gasteiger partial charge in [-0.05, 0) is 36.8 Å². The molecule has 0 aliphatic carbocycles. The number of aromatic nitrogens is 1. The molecule has 9 heteroatoms. The van der Waals surface area contributed by atoms with Crippen LogP contribution in [0.25, 0.3) is 0 Å². The Bertz CT molecular complexity index is 841. The van der Waals surface area contributed by atoms with Crippen LogP contribution in [0.2, 0.25) is 5.02 Å². The molecule has 1 aromatic heterocycles. The molecule has 0 atom stereocenters. The first-order valence-corrected chi connectivity index (χ1v) is 8.53. The lowest BCUT2D eigenvalue weighted by atomic mass is 10.2. The Kier molecular flexibility index (Phi) is 6.79. The van der Waals surface area contributed by atoms with E-state index in [0.717, 1.165) is 25.0 Å². The average Bonchev–Trinajstić information content (AvgIpc) is 2.62. The van der Waals surface area contributed by atoms with E-state index in [4.69, 9.17) is 11.6 Å². The van der Waals surface area contributed by atoms with Crippen molar-refractivity contribution in [2.24, 2.45) is 0 Å². The molecule has 0 aliphatic heterocycles. The highest BCUT2D eigenvalue weighted by Gasteiger charge is 2.33. The van der Waals surface area contributed by atoms with Crippen LogP contribution in [0.1, 0.15) is 46.3 Å². The van der Waals surface area contributed by atoms with Crippen molar-refractivity contribution in [2.75, 3.05) is 11.9 Å². The van der Waals surface area contributed by atoms with Crippen LogP contribution in [0.3, 0.4) is 0 Å². The molecule has 2 rings (SSSR count). The van der Waals surface area contributed by atoms with Gasteiger partial charge in [-0.1, -0.05) is 31.0 Å². The van der Waals surface area contributed by atoms with E-state index in [1.54, 1.807) is 0 Å². The molecule has 0 aliphatic rings. The van der Waals surface area contributed by atoms with Gasteiger partial charge >= 0.3 is 6.18 Å². The Morgan fingerprint density at radius 1 is 1.11 bits per heavy atom. The van der Waals surface area contributed by atoms with Crippen molar-refractivity contribution in [3.8, 4) is 0 Å². The summed E-state index contributed by atoms with van der Waals surface area (Å²) in [5.74, 6) is -1.17. The highest BCUT2D eigenvalue weighted by Crippen LogP contribution is 2.36. The minimum Gasteiger partial charge on any atom is -0.351 e. The smallest absolute Gasteiger partial charge is 0.351 e. The molecule has 2 aromatic rings. The second-order valence-corrected chi connectivity index (χ2v) is 6.07. The average molecular weight is 400 g/mol. The van der Waals surface area contributed by atoms with Crippen LogP contribution in [0.5, 0.6) is 0 Å². The number of pyridine rings is 1. The van der Waals surface area contributed by atoms with Crippen LogP contribution in [-0.2, 0) is 6.18 Å². The summed E-state index contributed by atoms with van der Waals surface area (Å²) in [4.78, 5) is 28.2. The summed E-state index contributed by atoms with van der Waals surface area (Å²) >= 11 is 5.55. The lowest BCUT2D eigenvalue weighted by molar-refractivity contribution is -0.137. The van der Waals surface area contributed by atoms with Crippen LogP contribution in [0.15, 0.2) is 36.4 Å². The maximum absolute atomic E-state index is 12.9. The Labute approximate surface area is 158 Å². The van der Waals surface area contributed by atoms with Crippen LogP contribution in [0.4, 0.5) is 18.9 Å². The zero-order chi connectivity index (χ0) is 20.0. The number of halogens is 4. The van der Waals surface area contributed by atoms with E-state index in [0.29, 0.717) is 6.54 Å². The highest BCUT2D eigenvalue weighted by atomic mass is 35.5. The van der Waals surface area contributed by atoms with Gasteiger partial charge in [-0.25, -0.2) is 4.98 Å². The quantitative estimate of drug-likeness (QED) is 0.701. The predicted molar refractivity (Wildman–Crippen MR) is 95.9 cm³/mol. The first-order chi connectivity index (χ1) is 12.7. The zero-order valence-electron chi connectivity index (χ0n) is 14.4. The third-order valence-electron chi connectivity index (χ3n) is 3.56. The zero-order valence-corrected chi connectivity index (χ0v) is 15.1. The summed E-state index contributed by atoms with van der Waals surface area (Å²) in [5.41, 5.74) is -1.19. The second-order valence-electron chi connectivity index (χ2n) is 5.66. The van der Waals surface area contributed by atoms with E-state index in [1.807, 2.05) is 6.92 Å². The van der Waals surface area contributed by atoms with Gasteiger partial charge in [0.05, 0.1) is 10.6 Å². The minimum atomic E-state index is -4.65. The van der Waals surface area contributed by atoms with Gasteiger partial charge in [0.15, 0.2) is 0 Å². The van der Waals surface area contributed by atoms with Gasteiger partial charge in [-0.3, -0.25) is 9.59 Å². The minimum absolute atomic E-state index is 0.0471. The molecule has 0 fully saturated rings. The van der Waals surface area contributed by atoms with Gasteiger partial charge in [-0.15, -0.1) is 0 Å². The van der Waals surface area contributed by atoms with Gasteiger partial charge < -0.3 is 10.6 Å². The summed E-state index contributed by atoms with van der Waals surface area (Å²) < 4.78 is 38.7. The van der Waals surface area contributed by atoms with Crippen molar-refractivity contribution in [3.63, 3.8) is 0 Å². The lowest BCUT2D eigenvalue weighted by Gasteiger charge is -2.12. The van der Waals surface area contributed by atoms with Crippen LogP contribution < -0.4 is 10.6 Å². The molecule has 0 bridgehead atoms. The third kappa shape index (κ3) is 5.68. The number of benzene rings is 1. The van der Waals surface area contributed by atoms with Crippen molar-refractivity contribution in [2.45, 2.75) is 25.9 Å². The lowest BCUT2D eigenvalue weighted by Crippen LogP contribution is -2.26. The maximum atomic E-state index is 12.9. The van der Waals surface area contributed by atoms with E-state index in [9.17, 15) is 22.8 Å². The molecule has 0 saturated carbocycles. The van der Waals surface area contributed by atoms with E-state index in [-0.39, 0.29) is 17.1 Å². The summed E-state index contributed by atoms with van der Waals surface area (Å²) in [6, 6.07) is 7.31. The molecule has 0 radical (unpaired) electrons. The van der Waals surface area contributed by atoms with Gasteiger partial charge in [0.1, 0.15) is 11.4 Å². The number of hydrogen-bond donors (Lipinski definition) is 2. The van der Waals surface area contributed by atoms with Crippen LogP contribution in [-0.4, -0.2) is 23.3 Å². The molecule has 2 amide bonds. The van der Waals surface area contributed by atoms with Crippen molar-refractivity contribution >= 4 is 29.1 Å². The highest BCUT2D eigenvalue weighted by molar-refractivity contribution is 6.31.